The molecule has 0 radical (unpaired) electrons. The van der Waals surface area contributed by atoms with E-state index in [-0.39, 0.29) is 38.9 Å². The van der Waals surface area contributed by atoms with Crippen LogP contribution in [-0.4, -0.2) is 147 Å². The normalized spacial score (nSPS) is 20.0. The predicted molar refractivity (Wildman–Crippen MR) is 388 cm³/mol. The van der Waals surface area contributed by atoms with E-state index in [2.05, 4.69) is 5.32 Å². The van der Waals surface area contributed by atoms with E-state index in [1.807, 2.05) is 12.1 Å². The molecule has 0 saturated carbocycles. The van der Waals surface area contributed by atoms with Crippen molar-refractivity contribution in [2.45, 2.75) is 86.4 Å². The number of ether oxygens (including phenoxy) is 13. The van der Waals surface area contributed by atoms with Crippen molar-refractivity contribution in [3.63, 3.8) is 0 Å². The Morgan fingerprint density at radius 1 is 0.342 bits per heavy atom. The summed E-state index contributed by atoms with van der Waals surface area (Å²) in [5.41, 5.74) is 2.29. The number of fused-ring (bicyclic) bond motifs is 3. The second-order valence-electron chi connectivity index (χ2n) is 25.9. The van der Waals surface area contributed by atoms with Gasteiger partial charge in [0.25, 0.3) is 0 Å². The minimum atomic E-state index is -2.63. The highest BCUT2D eigenvalue weighted by atomic mass is 19.2. The largest absolute Gasteiger partial charge is 0.459 e. The molecule has 0 bridgehead atoms. The molecule has 1 amide bonds. The Labute approximate surface area is 646 Å². The summed E-state index contributed by atoms with van der Waals surface area (Å²) in [6.45, 7) is -1.45. The van der Waals surface area contributed by atoms with Crippen LogP contribution in [0.4, 0.5) is 26.7 Å². The average molecular weight is 1560 g/mol. The van der Waals surface area contributed by atoms with Gasteiger partial charge in [0, 0.05) is 5.92 Å². The first-order valence-electron chi connectivity index (χ1n) is 35.5. The molecule has 1 N–H and O–H groups in total. The van der Waals surface area contributed by atoms with Gasteiger partial charge in [-0.1, -0.05) is 176 Å². The van der Waals surface area contributed by atoms with Crippen LogP contribution in [0, 0.1) is 29.1 Å². The second kappa shape index (κ2) is 36.3. The van der Waals surface area contributed by atoms with Crippen molar-refractivity contribution in [3.05, 3.63) is 340 Å². The van der Waals surface area contributed by atoms with Gasteiger partial charge in [0.1, 0.15) is 25.4 Å². The molecular formula is C86H66F5NO22. The van der Waals surface area contributed by atoms with E-state index in [4.69, 9.17) is 61.6 Å². The number of hydrogen-bond acceptors (Lipinski definition) is 22. The quantitative estimate of drug-likeness (QED) is 0.0132. The van der Waals surface area contributed by atoms with Crippen LogP contribution in [0.5, 0.6) is 5.75 Å². The molecule has 23 nitrogen and oxygen atoms in total. The summed E-state index contributed by atoms with van der Waals surface area (Å²) in [7, 11) is 0. The molecule has 0 aromatic heterocycles. The summed E-state index contributed by atoms with van der Waals surface area (Å²) in [5, 5.41) is 2.21. The van der Waals surface area contributed by atoms with E-state index in [9.17, 15) is 47.5 Å². The van der Waals surface area contributed by atoms with Crippen LogP contribution in [0.15, 0.2) is 261 Å². The topological polar surface area (TPSA) is 286 Å². The maximum atomic E-state index is 15.7. The number of halogens is 5. The second-order valence-corrected chi connectivity index (χ2v) is 25.9. The molecule has 0 unspecified atom stereocenters. The Hall–Kier alpha value is -13.3. The molecule has 12 atom stereocenters. The van der Waals surface area contributed by atoms with Crippen LogP contribution >= 0.6 is 0 Å². The Morgan fingerprint density at radius 3 is 1.04 bits per heavy atom. The van der Waals surface area contributed by atoms with Gasteiger partial charge in [0.05, 0.1) is 51.7 Å². The minimum absolute atomic E-state index is 0.0326. The van der Waals surface area contributed by atoms with Gasteiger partial charge in [-0.2, -0.15) is 8.78 Å². The van der Waals surface area contributed by atoms with Gasteiger partial charge < -0.3 is 66.9 Å². The zero-order chi connectivity index (χ0) is 79.9. The molecule has 114 heavy (non-hydrogen) atoms. The Morgan fingerprint density at radius 2 is 0.649 bits per heavy atom. The van der Waals surface area contributed by atoms with Crippen molar-refractivity contribution in [2.75, 3.05) is 19.8 Å². The predicted octanol–water partition coefficient (Wildman–Crippen LogP) is 13.3. The molecule has 10 aromatic carbocycles. The van der Waals surface area contributed by atoms with Crippen molar-refractivity contribution in [1.29, 1.82) is 0 Å². The van der Waals surface area contributed by atoms with Gasteiger partial charge in [-0.05, 0) is 114 Å². The fourth-order valence-electron chi connectivity index (χ4n) is 12.9. The minimum Gasteiger partial charge on any atom is -0.459 e. The number of carbonyl (C=O) groups excluding carboxylic acids is 9. The van der Waals surface area contributed by atoms with E-state index in [0.29, 0.717) is 11.1 Å². The van der Waals surface area contributed by atoms with Crippen LogP contribution in [0.25, 0.3) is 11.1 Å². The summed E-state index contributed by atoms with van der Waals surface area (Å²) in [5.74, 6) is -25.6. The highest BCUT2D eigenvalue weighted by Gasteiger charge is 2.58. The van der Waals surface area contributed by atoms with Crippen LogP contribution in [-0.2, 0) is 61.6 Å². The monoisotopic (exact) mass is 1560 g/mol. The van der Waals surface area contributed by atoms with Crippen molar-refractivity contribution in [2.24, 2.45) is 0 Å². The highest BCUT2D eigenvalue weighted by Crippen LogP contribution is 2.45. The first-order chi connectivity index (χ1) is 55.3. The summed E-state index contributed by atoms with van der Waals surface area (Å²) in [6.07, 6.45) is -25.0. The van der Waals surface area contributed by atoms with Gasteiger partial charge in [-0.25, -0.2) is 56.3 Å². The lowest BCUT2D eigenvalue weighted by Gasteiger charge is -2.47. The lowest BCUT2D eigenvalue weighted by atomic mass is 9.96. The van der Waals surface area contributed by atoms with Crippen molar-refractivity contribution < 1.29 is 127 Å². The number of amides is 1. The smallest absolute Gasteiger partial charge is 0.407 e. The third kappa shape index (κ3) is 18.2. The Balaban J connectivity index is 0.931. The molecule has 10 aromatic rings. The van der Waals surface area contributed by atoms with Crippen molar-refractivity contribution in [3.8, 4) is 16.9 Å². The van der Waals surface area contributed by atoms with Gasteiger partial charge in [-0.15, -0.1) is 0 Å². The number of hydrogen-bond donors (Lipinski definition) is 1. The zero-order valence-corrected chi connectivity index (χ0v) is 59.8. The number of rotatable bonds is 26. The van der Waals surface area contributed by atoms with Crippen molar-refractivity contribution in [1.82, 2.24) is 5.32 Å². The number of esters is 8. The standard InChI is InChI=1S/C86H66F5NO22/c1-48(68(83(100)110-71-66(90)64(88)63(87)65(89)67(71)91)92-86(101)104-45-60-58-43-25-23-41-56(58)57-42-24-26-44-59(57)60)105-85-75(114-82(99)55-39-21-8-22-40-55)73(112-80(97)53-35-17-6-18-36-53)70(109-78(95)51-31-13-4-14-32-51)62(107-85)47-103-84-74(113-81(98)54-37-19-7-20-38-54)72(111-79(96)52-33-15-5-16-34-52)69(108-77(94)50-29-11-3-12-30-50)61(106-84)46-102-76(93)49-27-9-2-10-28-49/h2-44,48,60-62,68-70,72-75,84-85H,45-47H2,1H3,(H,92,101)/t48-,61-,62-,68+,69-,70-,72+,73+,74+,75+,84+,85+/m1/s1. The lowest BCUT2D eigenvalue weighted by molar-refractivity contribution is -0.332. The average Bonchev–Trinajstić information content (AvgIpc) is 0.922. The van der Waals surface area contributed by atoms with Gasteiger partial charge >= 0.3 is 53.8 Å². The molecule has 2 fully saturated rings. The van der Waals surface area contributed by atoms with Crippen molar-refractivity contribution >= 4 is 53.8 Å². The molecule has 0 spiro atoms. The van der Waals surface area contributed by atoms with Gasteiger partial charge in [0.2, 0.25) is 34.8 Å². The van der Waals surface area contributed by atoms with Crippen LogP contribution in [0.1, 0.15) is 96.5 Å². The fourth-order valence-corrected chi connectivity index (χ4v) is 12.9. The third-order valence-electron chi connectivity index (χ3n) is 18.6. The van der Waals surface area contributed by atoms with Gasteiger partial charge in [0.15, 0.2) is 55.2 Å². The maximum Gasteiger partial charge on any atom is 0.407 e. The SMILES string of the molecule is C[C@@H](O[C@H]1O[C@H](CO[C@H]2O[C@H](COC(=O)c3ccccc3)[C@@H](OC(=O)c3ccccc3)[C@H](OC(=O)c3ccccc3)[C@@H]2OC(=O)c2ccccc2)[C@@H](OC(=O)c2ccccc2)[C@H](OC(=O)c2ccccc2)[C@@H]1OC(=O)c1ccccc1)[C@H](NC(=O)OCC1c2ccccc2-c2ccccc21)C(=O)Oc1c(F)c(F)c(F)c(F)c1F. The highest BCUT2D eigenvalue weighted by molar-refractivity contribution is 5.94. The fraction of sp³-hybridized carbons (Fsp3) is 0.198. The van der Waals surface area contributed by atoms with Crippen LogP contribution in [0.3, 0.4) is 0 Å². The molecule has 13 rings (SSSR count). The van der Waals surface area contributed by atoms with E-state index in [1.165, 1.54) is 158 Å². The number of alkyl carbamates (subject to hydrolysis) is 1. The number of benzene rings is 10. The Bertz CT molecular complexity index is 5050. The van der Waals surface area contributed by atoms with Crippen LogP contribution in [0.2, 0.25) is 0 Å². The van der Waals surface area contributed by atoms with Crippen LogP contribution < -0.4 is 10.1 Å². The molecule has 2 saturated heterocycles. The summed E-state index contributed by atoms with van der Waals surface area (Å²) < 4.78 is 157. The third-order valence-corrected chi connectivity index (χ3v) is 18.6. The molecule has 582 valence electrons. The van der Waals surface area contributed by atoms with E-state index in [1.54, 1.807) is 91.0 Å². The molecule has 28 heteroatoms. The summed E-state index contributed by atoms with van der Waals surface area (Å²) in [6, 6.07) is 62.9. The molecular weight excluding hydrogens is 1490 g/mol. The first-order valence-corrected chi connectivity index (χ1v) is 35.5. The number of nitrogens with one attached hydrogen (secondary N) is 1. The van der Waals surface area contributed by atoms with E-state index < -0.39 is 188 Å². The van der Waals surface area contributed by atoms with E-state index in [0.717, 1.165) is 18.1 Å². The Kier molecular flexibility index (Phi) is 25.1. The first kappa shape index (κ1) is 78.8. The molecule has 3 aliphatic rings. The van der Waals surface area contributed by atoms with Gasteiger partial charge in [-0.3, -0.25) is 0 Å². The van der Waals surface area contributed by atoms with E-state index >= 15 is 17.6 Å². The molecule has 1 aliphatic carbocycles. The molecule has 2 heterocycles. The maximum absolute atomic E-state index is 15.7. The number of carbonyl (C=O) groups is 9. The molecule has 2 aliphatic heterocycles. The summed E-state index contributed by atoms with van der Waals surface area (Å²) >= 11 is 0. The zero-order valence-electron chi connectivity index (χ0n) is 59.8. The lowest BCUT2D eigenvalue weighted by Crippen LogP contribution is -2.65. The summed E-state index contributed by atoms with van der Waals surface area (Å²) in [4.78, 5) is 132.